The van der Waals surface area contributed by atoms with Gasteiger partial charge in [-0.15, -0.1) is 0 Å². The predicted molar refractivity (Wildman–Crippen MR) is 92.0 cm³/mol. The molecule has 0 bridgehead atoms. The molecule has 3 aliphatic rings. The first kappa shape index (κ1) is 15.9. The zero-order chi connectivity index (χ0) is 16.8. The Morgan fingerprint density at radius 3 is 2.71 bits per heavy atom. The highest BCUT2D eigenvalue weighted by Crippen LogP contribution is 2.44. The Hall–Kier alpha value is -1.55. The molecule has 0 N–H and O–H groups in total. The van der Waals surface area contributed by atoms with Crippen molar-refractivity contribution >= 4 is 5.91 Å². The van der Waals surface area contributed by atoms with Crippen molar-refractivity contribution in [3.05, 3.63) is 29.3 Å². The smallest absolute Gasteiger partial charge is 0.228 e. The van der Waals surface area contributed by atoms with E-state index in [1.165, 1.54) is 18.4 Å². The summed E-state index contributed by atoms with van der Waals surface area (Å²) in [7, 11) is 0. The summed E-state index contributed by atoms with van der Waals surface area (Å²) in [6, 6.07) is 6.59. The number of carbonyl (C=O) groups is 1. The Morgan fingerprint density at radius 1 is 1.21 bits per heavy atom. The van der Waals surface area contributed by atoms with Crippen molar-refractivity contribution in [2.75, 3.05) is 6.61 Å². The van der Waals surface area contributed by atoms with Crippen LogP contribution < -0.4 is 4.74 Å². The quantitative estimate of drug-likeness (QED) is 0.850. The van der Waals surface area contributed by atoms with Crippen molar-refractivity contribution in [2.45, 2.75) is 70.7 Å². The van der Waals surface area contributed by atoms with E-state index in [1.54, 1.807) is 0 Å². The lowest BCUT2D eigenvalue weighted by atomic mass is 9.88. The molecule has 4 rings (SSSR count). The Bertz CT molecular complexity index is 638. The van der Waals surface area contributed by atoms with Crippen LogP contribution >= 0.6 is 0 Å². The molecule has 2 aliphatic heterocycles. The standard InChI is InChI=1S/C20H27NO3/c1-12-8-9-15(10-17(12)24-16-6-4-5-7-16)18-14(3)19(22)21-13(2)11-23-20(18)21/h8-10,13-14,16,18,20H,4-7,11H2,1-3H3/t13-,14?,18-,20-/m1/s1. The summed E-state index contributed by atoms with van der Waals surface area (Å²) >= 11 is 0. The van der Waals surface area contributed by atoms with Gasteiger partial charge in [-0.2, -0.15) is 0 Å². The van der Waals surface area contributed by atoms with E-state index >= 15 is 0 Å². The maximum Gasteiger partial charge on any atom is 0.228 e. The second-order valence-electron chi connectivity index (χ2n) is 7.68. The van der Waals surface area contributed by atoms with Crippen molar-refractivity contribution in [3.63, 3.8) is 0 Å². The van der Waals surface area contributed by atoms with Crippen molar-refractivity contribution in [3.8, 4) is 5.75 Å². The van der Waals surface area contributed by atoms with Gasteiger partial charge in [0, 0.05) is 11.8 Å². The van der Waals surface area contributed by atoms with Gasteiger partial charge in [-0.05, 0) is 56.7 Å². The number of benzene rings is 1. The fraction of sp³-hybridized carbons (Fsp3) is 0.650. The minimum Gasteiger partial charge on any atom is -0.490 e. The normalized spacial score (nSPS) is 33.3. The van der Waals surface area contributed by atoms with Gasteiger partial charge in [0.1, 0.15) is 12.0 Å². The van der Waals surface area contributed by atoms with E-state index in [2.05, 4.69) is 32.0 Å². The molecule has 4 nitrogen and oxygen atoms in total. The lowest BCUT2D eigenvalue weighted by Gasteiger charge is -2.23. The number of fused-ring (bicyclic) bond motifs is 1. The molecule has 1 aromatic carbocycles. The number of ether oxygens (including phenoxy) is 2. The lowest BCUT2D eigenvalue weighted by molar-refractivity contribution is -0.133. The lowest BCUT2D eigenvalue weighted by Crippen LogP contribution is -2.35. The summed E-state index contributed by atoms with van der Waals surface area (Å²) in [5.74, 6) is 1.24. The molecule has 1 aliphatic carbocycles. The van der Waals surface area contributed by atoms with E-state index in [0.29, 0.717) is 12.7 Å². The fourth-order valence-corrected chi connectivity index (χ4v) is 4.49. The second kappa shape index (κ2) is 6.07. The molecule has 1 unspecified atom stereocenters. The molecule has 0 spiro atoms. The number of amides is 1. The van der Waals surface area contributed by atoms with E-state index in [-0.39, 0.29) is 30.0 Å². The minimum atomic E-state index is -0.121. The van der Waals surface area contributed by atoms with Crippen molar-refractivity contribution in [1.82, 2.24) is 4.90 Å². The van der Waals surface area contributed by atoms with Crippen LogP contribution in [0.1, 0.15) is 56.6 Å². The third-order valence-corrected chi connectivity index (χ3v) is 5.94. The van der Waals surface area contributed by atoms with Crippen molar-refractivity contribution in [2.24, 2.45) is 5.92 Å². The number of aryl methyl sites for hydroxylation is 1. The third-order valence-electron chi connectivity index (χ3n) is 5.94. The van der Waals surface area contributed by atoms with E-state index in [0.717, 1.165) is 24.2 Å². The molecule has 1 amide bonds. The molecule has 130 valence electrons. The topological polar surface area (TPSA) is 38.8 Å². The molecule has 4 atom stereocenters. The van der Waals surface area contributed by atoms with Crippen LogP contribution in [-0.4, -0.2) is 35.8 Å². The second-order valence-corrected chi connectivity index (χ2v) is 7.68. The number of hydrogen-bond donors (Lipinski definition) is 0. The molecule has 0 radical (unpaired) electrons. The van der Waals surface area contributed by atoms with Gasteiger partial charge in [-0.25, -0.2) is 0 Å². The van der Waals surface area contributed by atoms with Crippen LogP contribution in [0.2, 0.25) is 0 Å². The molecule has 0 aromatic heterocycles. The van der Waals surface area contributed by atoms with Crippen LogP contribution in [0.25, 0.3) is 0 Å². The average Bonchev–Trinajstić information content (AvgIpc) is 3.25. The van der Waals surface area contributed by atoms with Gasteiger partial charge in [0.15, 0.2) is 0 Å². The Balaban J connectivity index is 1.62. The van der Waals surface area contributed by atoms with E-state index in [9.17, 15) is 4.79 Å². The maximum atomic E-state index is 12.6. The maximum absolute atomic E-state index is 12.6. The molecular formula is C20H27NO3. The molecule has 2 saturated heterocycles. The molecule has 24 heavy (non-hydrogen) atoms. The zero-order valence-electron chi connectivity index (χ0n) is 14.8. The number of rotatable bonds is 3. The molecule has 1 saturated carbocycles. The van der Waals surface area contributed by atoms with Crippen molar-refractivity contribution in [1.29, 1.82) is 0 Å². The van der Waals surface area contributed by atoms with Gasteiger partial charge >= 0.3 is 0 Å². The van der Waals surface area contributed by atoms with Crippen LogP contribution in [0.3, 0.4) is 0 Å². The highest BCUT2D eigenvalue weighted by Gasteiger charge is 2.52. The van der Waals surface area contributed by atoms with Gasteiger partial charge in [0.25, 0.3) is 0 Å². The summed E-state index contributed by atoms with van der Waals surface area (Å²) < 4.78 is 12.2. The summed E-state index contributed by atoms with van der Waals surface area (Å²) in [5, 5.41) is 0. The third kappa shape index (κ3) is 2.52. The summed E-state index contributed by atoms with van der Waals surface area (Å²) in [4.78, 5) is 14.6. The average molecular weight is 329 g/mol. The van der Waals surface area contributed by atoms with E-state index in [1.807, 2.05) is 11.8 Å². The largest absolute Gasteiger partial charge is 0.490 e. The Morgan fingerprint density at radius 2 is 1.96 bits per heavy atom. The molecule has 1 aromatic rings. The SMILES string of the molecule is Cc1ccc([C@H]2C(C)C(=O)N3[C@H](C)CO[C@H]23)cc1OC1CCCC1. The Kier molecular flexibility index (Phi) is 4.03. The van der Waals surface area contributed by atoms with Gasteiger partial charge in [0.05, 0.1) is 18.8 Å². The van der Waals surface area contributed by atoms with Crippen LogP contribution in [0.5, 0.6) is 5.75 Å². The first-order valence-electron chi connectivity index (χ1n) is 9.27. The van der Waals surface area contributed by atoms with Crippen LogP contribution in [0.4, 0.5) is 0 Å². The summed E-state index contributed by atoms with van der Waals surface area (Å²) in [6.07, 6.45) is 5.06. The van der Waals surface area contributed by atoms with E-state index in [4.69, 9.17) is 9.47 Å². The zero-order valence-corrected chi connectivity index (χ0v) is 14.8. The van der Waals surface area contributed by atoms with Gasteiger partial charge in [-0.1, -0.05) is 19.1 Å². The summed E-state index contributed by atoms with van der Waals surface area (Å²) in [6.45, 7) is 6.82. The fourth-order valence-electron chi connectivity index (χ4n) is 4.49. The van der Waals surface area contributed by atoms with Crippen LogP contribution in [0, 0.1) is 12.8 Å². The number of carbonyl (C=O) groups excluding carboxylic acids is 1. The molecular weight excluding hydrogens is 302 g/mol. The first-order chi connectivity index (χ1) is 11.6. The molecule has 3 fully saturated rings. The number of nitrogens with zero attached hydrogens (tertiary/aromatic N) is 1. The van der Waals surface area contributed by atoms with Gasteiger partial charge in [-0.3, -0.25) is 4.79 Å². The van der Waals surface area contributed by atoms with Crippen LogP contribution in [-0.2, 0) is 9.53 Å². The minimum absolute atomic E-state index is 0.0419. The van der Waals surface area contributed by atoms with E-state index < -0.39 is 0 Å². The first-order valence-corrected chi connectivity index (χ1v) is 9.27. The Labute approximate surface area is 144 Å². The number of hydrogen-bond acceptors (Lipinski definition) is 3. The van der Waals surface area contributed by atoms with Crippen LogP contribution in [0.15, 0.2) is 18.2 Å². The highest BCUT2D eigenvalue weighted by molar-refractivity contribution is 5.83. The predicted octanol–water partition coefficient (Wildman–Crippen LogP) is 3.62. The highest BCUT2D eigenvalue weighted by atomic mass is 16.5. The monoisotopic (exact) mass is 329 g/mol. The van der Waals surface area contributed by atoms with Gasteiger partial charge < -0.3 is 14.4 Å². The molecule has 4 heteroatoms. The molecule has 2 heterocycles. The van der Waals surface area contributed by atoms with Gasteiger partial charge in [0.2, 0.25) is 5.91 Å². The summed E-state index contributed by atoms with van der Waals surface area (Å²) in [5.41, 5.74) is 2.33. The van der Waals surface area contributed by atoms with Crippen molar-refractivity contribution < 1.29 is 14.3 Å².